The third kappa shape index (κ3) is 3.87. The molecule has 0 amide bonds. The van der Waals surface area contributed by atoms with Crippen LogP contribution in [0.1, 0.15) is 30.2 Å². The van der Waals surface area contributed by atoms with E-state index in [1.54, 1.807) is 0 Å². The van der Waals surface area contributed by atoms with Crippen LogP contribution in [0.3, 0.4) is 0 Å². The lowest BCUT2D eigenvalue weighted by molar-refractivity contribution is -0.693. The van der Waals surface area contributed by atoms with Gasteiger partial charge >= 0.3 is 0 Å². The predicted octanol–water partition coefficient (Wildman–Crippen LogP) is 6.43. The topological polar surface area (TPSA) is 18.0 Å². The van der Waals surface area contributed by atoms with Gasteiger partial charge in [-0.25, -0.2) is 0 Å². The van der Waals surface area contributed by atoms with Crippen LogP contribution in [0.15, 0.2) is 91.1 Å². The van der Waals surface area contributed by atoms with Gasteiger partial charge in [0.25, 0.3) is 0 Å². The first kappa shape index (κ1) is 20.3. The quantitative estimate of drug-likeness (QED) is 0.277. The standard InChI is InChI=1S/C29H29N2O/c1-3-17-31-28-19-25(32-21-24-12-8-5-9-13-24)14-15-26(28)27-16-18-30(22(2)29(27)31)20-23-10-6-4-7-11-23/h4-16,18-19H,3,17,20-21H2,1-2H3/q+1. The van der Waals surface area contributed by atoms with Gasteiger partial charge in [0.1, 0.15) is 17.9 Å². The summed E-state index contributed by atoms with van der Waals surface area (Å²) in [5.41, 5.74) is 6.35. The van der Waals surface area contributed by atoms with E-state index in [-0.39, 0.29) is 0 Å². The van der Waals surface area contributed by atoms with Crippen molar-refractivity contribution in [2.75, 3.05) is 0 Å². The van der Waals surface area contributed by atoms with Crippen molar-refractivity contribution < 1.29 is 9.30 Å². The van der Waals surface area contributed by atoms with Crippen LogP contribution in [0.5, 0.6) is 5.75 Å². The van der Waals surface area contributed by atoms with Crippen molar-refractivity contribution in [2.45, 2.75) is 40.0 Å². The number of aromatic nitrogens is 2. The Balaban J connectivity index is 1.57. The van der Waals surface area contributed by atoms with Crippen LogP contribution in [-0.2, 0) is 19.7 Å². The molecular weight excluding hydrogens is 392 g/mol. The number of hydrogen-bond donors (Lipinski definition) is 0. The smallest absolute Gasteiger partial charge is 0.203 e. The Morgan fingerprint density at radius 1 is 0.812 bits per heavy atom. The molecule has 0 bridgehead atoms. The monoisotopic (exact) mass is 421 g/mol. The lowest BCUT2D eigenvalue weighted by Gasteiger charge is -2.09. The molecule has 5 rings (SSSR count). The SMILES string of the molecule is CCCn1c2cc(OCc3ccccc3)ccc2c2cc[n+](Cc3ccccc3)c(C)c21. The summed E-state index contributed by atoms with van der Waals surface area (Å²) in [6, 6.07) is 29.8. The van der Waals surface area contributed by atoms with Crippen molar-refractivity contribution in [3.05, 3.63) is 108 Å². The van der Waals surface area contributed by atoms with Crippen LogP contribution >= 0.6 is 0 Å². The van der Waals surface area contributed by atoms with Crippen molar-refractivity contribution in [1.82, 2.24) is 4.57 Å². The number of hydrogen-bond acceptors (Lipinski definition) is 1. The number of aryl methyl sites for hydroxylation is 2. The maximum atomic E-state index is 6.14. The van der Waals surface area contributed by atoms with E-state index in [9.17, 15) is 0 Å². The molecule has 3 aromatic carbocycles. The third-order valence-corrected chi connectivity index (χ3v) is 6.16. The van der Waals surface area contributed by atoms with Gasteiger partial charge in [-0.2, -0.15) is 4.57 Å². The summed E-state index contributed by atoms with van der Waals surface area (Å²) >= 11 is 0. The second-order valence-corrected chi connectivity index (χ2v) is 8.38. The normalized spacial score (nSPS) is 11.3. The van der Waals surface area contributed by atoms with Crippen molar-refractivity contribution in [2.24, 2.45) is 0 Å². The number of fused-ring (bicyclic) bond motifs is 3. The molecule has 0 aliphatic rings. The maximum absolute atomic E-state index is 6.14. The van der Waals surface area contributed by atoms with Crippen molar-refractivity contribution in [3.63, 3.8) is 0 Å². The van der Waals surface area contributed by atoms with Gasteiger partial charge in [-0.1, -0.05) is 67.6 Å². The molecule has 0 saturated carbocycles. The van der Waals surface area contributed by atoms with Crippen LogP contribution in [-0.4, -0.2) is 4.57 Å². The summed E-state index contributed by atoms with van der Waals surface area (Å²) < 4.78 is 11.0. The highest BCUT2D eigenvalue weighted by Crippen LogP contribution is 2.33. The first-order valence-corrected chi connectivity index (χ1v) is 11.4. The Labute approximate surface area is 189 Å². The largest absolute Gasteiger partial charge is 0.489 e. The molecular formula is C29H29N2O+. The number of pyridine rings is 1. The fourth-order valence-electron chi connectivity index (χ4n) is 4.57. The summed E-state index contributed by atoms with van der Waals surface area (Å²) in [6.07, 6.45) is 3.31. The number of rotatable bonds is 7. The van der Waals surface area contributed by atoms with Crippen LogP contribution in [0.25, 0.3) is 21.8 Å². The molecule has 3 nitrogen and oxygen atoms in total. The zero-order chi connectivity index (χ0) is 21.9. The van der Waals surface area contributed by atoms with Crippen LogP contribution in [0.2, 0.25) is 0 Å². The number of nitrogens with zero attached hydrogens (tertiary/aromatic N) is 2. The lowest BCUT2D eigenvalue weighted by Crippen LogP contribution is -2.37. The van der Waals surface area contributed by atoms with Gasteiger partial charge in [0.2, 0.25) is 5.69 Å². The fraction of sp³-hybridized carbons (Fsp3) is 0.207. The highest BCUT2D eigenvalue weighted by atomic mass is 16.5. The summed E-state index contributed by atoms with van der Waals surface area (Å²) in [6.45, 7) is 6.92. The predicted molar refractivity (Wildman–Crippen MR) is 131 cm³/mol. The Morgan fingerprint density at radius 2 is 1.53 bits per heavy atom. The van der Waals surface area contributed by atoms with Crippen LogP contribution in [0.4, 0.5) is 0 Å². The molecule has 2 aromatic heterocycles. The van der Waals surface area contributed by atoms with Crippen molar-refractivity contribution in [1.29, 1.82) is 0 Å². The first-order chi connectivity index (χ1) is 15.7. The average Bonchev–Trinajstić information content (AvgIpc) is 3.15. The van der Waals surface area contributed by atoms with E-state index in [4.69, 9.17) is 4.74 Å². The van der Waals surface area contributed by atoms with E-state index in [2.05, 4.69) is 108 Å². The first-order valence-electron chi connectivity index (χ1n) is 11.4. The molecule has 0 saturated heterocycles. The molecule has 0 fully saturated rings. The average molecular weight is 422 g/mol. The zero-order valence-corrected chi connectivity index (χ0v) is 18.8. The maximum Gasteiger partial charge on any atom is 0.203 e. The lowest BCUT2D eigenvalue weighted by atomic mass is 10.1. The molecule has 3 heteroatoms. The minimum atomic E-state index is 0.580. The van der Waals surface area contributed by atoms with Gasteiger partial charge in [-0.15, -0.1) is 0 Å². The van der Waals surface area contributed by atoms with E-state index in [0.717, 1.165) is 25.3 Å². The second kappa shape index (κ2) is 8.88. The zero-order valence-electron chi connectivity index (χ0n) is 18.8. The van der Waals surface area contributed by atoms with Gasteiger partial charge in [0, 0.05) is 41.9 Å². The molecule has 0 aliphatic heterocycles. The summed E-state index contributed by atoms with van der Waals surface area (Å²) in [4.78, 5) is 0. The Hall–Kier alpha value is -3.59. The molecule has 0 aliphatic carbocycles. The molecule has 0 N–H and O–H groups in total. The molecule has 0 spiro atoms. The fourth-order valence-corrected chi connectivity index (χ4v) is 4.57. The van der Waals surface area contributed by atoms with Gasteiger partial charge in [0.15, 0.2) is 12.7 Å². The highest BCUT2D eigenvalue weighted by molar-refractivity contribution is 6.08. The minimum Gasteiger partial charge on any atom is -0.489 e. The van der Waals surface area contributed by atoms with Gasteiger partial charge in [-0.3, -0.25) is 0 Å². The van der Waals surface area contributed by atoms with E-state index >= 15 is 0 Å². The Morgan fingerprint density at radius 3 is 2.25 bits per heavy atom. The minimum absolute atomic E-state index is 0.580. The molecule has 0 unspecified atom stereocenters. The van der Waals surface area contributed by atoms with Crippen LogP contribution in [0, 0.1) is 6.92 Å². The Bertz CT molecular complexity index is 1350. The third-order valence-electron chi connectivity index (χ3n) is 6.16. The van der Waals surface area contributed by atoms with E-state index in [0.29, 0.717) is 6.61 Å². The molecule has 0 atom stereocenters. The number of ether oxygens (including phenoxy) is 1. The number of benzene rings is 3. The molecule has 0 radical (unpaired) electrons. The van der Waals surface area contributed by atoms with Crippen LogP contribution < -0.4 is 9.30 Å². The molecule has 32 heavy (non-hydrogen) atoms. The van der Waals surface area contributed by atoms with Gasteiger partial charge in [0.05, 0.1) is 5.52 Å². The summed E-state index contributed by atoms with van der Waals surface area (Å²) in [5.74, 6) is 0.913. The Kier molecular flexibility index (Phi) is 5.64. The van der Waals surface area contributed by atoms with Gasteiger partial charge < -0.3 is 9.30 Å². The molecule has 2 heterocycles. The van der Waals surface area contributed by atoms with Crippen molar-refractivity contribution in [3.8, 4) is 5.75 Å². The van der Waals surface area contributed by atoms with E-state index in [1.807, 2.05) is 6.07 Å². The molecule has 160 valence electrons. The van der Waals surface area contributed by atoms with Crippen molar-refractivity contribution >= 4 is 21.8 Å². The highest BCUT2D eigenvalue weighted by Gasteiger charge is 2.19. The molecule has 5 aromatic rings. The van der Waals surface area contributed by atoms with Gasteiger partial charge in [-0.05, 0) is 24.1 Å². The van der Waals surface area contributed by atoms with E-state index in [1.165, 1.54) is 38.6 Å². The summed E-state index contributed by atoms with van der Waals surface area (Å²) in [7, 11) is 0. The summed E-state index contributed by atoms with van der Waals surface area (Å²) in [5, 5.41) is 2.60. The van der Waals surface area contributed by atoms with E-state index < -0.39 is 0 Å². The second-order valence-electron chi connectivity index (χ2n) is 8.38.